The van der Waals surface area contributed by atoms with Gasteiger partial charge in [0.05, 0.1) is 0 Å². The maximum Gasteiger partial charge on any atom is 0.406 e. The van der Waals surface area contributed by atoms with Crippen molar-refractivity contribution in [3.8, 4) is 44.3 Å². The lowest BCUT2D eigenvalue weighted by molar-refractivity contribution is 0.293. The second-order valence-corrected chi connectivity index (χ2v) is 15.1. The van der Waals surface area contributed by atoms with Crippen LogP contribution in [-0.4, -0.2) is 102 Å². The lowest BCUT2D eigenvalue weighted by Gasteiger charge is -2.09. The van der Waals surface area contributed by atoms with Gasteiger partial charge in [-0.25, -0.2) is 0 Å². The first-order valence-corrected chi connectivity index (χ1v) is 16.4. The summed E-state index contributed by atoms with van der Waals surface area (Å²) in [7, 11) is 0.634. The van der Waals surface area contributed by atoms with Crippen LogP contribution in [0.1, 0.15) is 0 Å². The fourth-order valence-corrected chi connectivity index (χ4v) is 9.15. The van der Waals surface area contributed by atoms with Gasteiger partial charge in [-0.05, 0) is 0 Å². The highest BCUT2D eigenvalue weighted by Gasteiger charge is 2.28. The number of hydrogen-bond acceptors (Lipinski definition) is 8. The molecule has 0 N–H and O–H groups in total. The zero-order valence-electron chi connectivity index (χ0n) is 18.1. The fraction of sp³-hybridized carbons (Fsp3) is 0.500. The van der Waals surface area contributed by atoms with E-state index in [9.17, 15) is 0 Å². The topological polar surface area (TPSA) is 73.8 Å². The summed E-state index contributed by atoms with van der Waals surface area (Å²) in [5.74, 6) is 0. The van der Waals surface area contributed by atoms with Gasteiger partial charge in [-0.1, -0.05) is 44.3 Å². The molecular weight excluding hydrogens is 461 g/mol. The third-order valence-electron chi connectivity index (χ3n) is 3.22. The van der Waals surface area contributed by atoms with E-state index in [4.69, 9.17) is 35.4 Å². The molecule has 0 saturated carbocycles. The molecule has 0 rings (SSSR count). The Morgan fingerprint density at radius 3 is 0.690 bits per heavy atom. The van der Waals surface area contributed by atoms with E-state index in [1.54, 1.807) is 56.9 Å². The van der Waals surface area contributed by atoms with E-state index in [2.05, 4.69) is 44.3 Å². The predicted molar refractivity (Wildman–Crippen MR) is 122 cm³/mol. The van der Waals surface area contributed by atoms with Gasteiger partial charge in [0.2, 0.25) is 0 Å². The zero-order chi connectivity index (χ0) is 22.1. The molecule has 29 heavy (non-hydrogen) atoms. The highest BCUT2D eigenvalue weighted by molar-refractivity contribution is 7.08. The van der Waals surface area contributed by atoms with Crippen molar-refractivity contribution in [1.82, 2.24) is 0 Å². The van der Waals surface area contributed by atoms with Gasteiger partial charge in [0.1, 0.15) is 0 Å². The van der Waals surface area contributed by atoms with Crippen LogP contribution in [0.25, 0.3) is 0 Å². The molecule has 0 fully saturated rings. The van der Waals surface area contributed by atoms with Gasteiger partial charge in [0.25, 0.3) is 0 Å². The van der Waals surface area contributed by atoms with Crippen LogP contribution in [0.15, 0.2) is 0 Å². The molecule has 0 bridgehead atoms. The van der Waals surface area contributed by atoms with Gasteiger partial charge in [0, 0.05) is 56.9 Å². The minimum absolute atomic E-state index is 1.55. The smallest absolute Gasteiger partial charge is 0.391 e. The maximum absolute atomic E-state index is 5.30. The Hall–Kier alpha value is -0.996. The molecule has 0 spiro atoms. The first-order chi connectivity index (χ1) is 14.0. The van der Waals surface area contributed by atoms with Crippen molar-refractivity contribution >= 4 is 45.2 Å². The summed E-state index contributed by atoms with van der Waals surface area (Å²) in [4.78, 5) is 0. The summed E-state index contributed by atoms with van der Waals surface area (Å²) in [6.07, 6.45) is 0. The highest BCUT2D eigenvalue weighted by atomic mass is 28.3. The van der Waals surface area contributed by atoms with Crippen LogP contribution in [0, 0.1) is 44.3 Å². The molecule has 0 aliphatic rings. The average molecular weight is 489 g/mol. The highest BCUT2D eigenvalue weighted by Crippen LogP contribution is 2.01. The van der Waals surface area contributed by atoms with Crippen molar-refractivity contribution in [2.45, 2.75) is 0 Å². The SMILES string of the molecule is CO[SiH](C#C[Si](C#C[SiH](OC)OC)(C#C[SiH](OC)OC)C#C[SiH](OC)OC)OC. The monoisotopic (exact) mass is 488 g/mol. The van der Waals surface area contributed by atoms with Crippen molar-refractivity contribution in [2.75, 3.05) is 56.9 Å². The first kappa shape index (κ1) is 28.0. The van der Waals surface area contributed by atoms with E-state index < -0.39 is 45.2 Å². The molecular formula is C16H28O8Si5. The van der Waals surface area contributed by atoms with Crippen molar-refractivity contribution in [3.63, 3.8) is 0 Å². The molecule has 0 atom stereocenters. The van der Waals surface area contributed by atoms with Crippen LogP contribution in [0.3, 0.4) is 0 Å². The summed E-state index contributed by atoms with van der Waals surface area (Å²) in [6, 6.07) is 0. The van der Waals surface area contributed by atoms with Gasteiger partial charge in [-0.2, -0.15) is 0 Å². The van der Waals surface area contributed by atoms with E-state index in [0.717, 1.165) is 0 Å². The molecule has 0 saturated heterocycles. The van der Waals surface area contributed by atoms with Gasteiger partial charge in [0.15, 0.2) is 0 Å². The van der Waals surface area contributed by atoms with Crippen molar-refractivity contribution < 1.29 is 35.4 Å². The fourth-order valence-electron chi connectivity index (χ4n) is 1.71. The van der Waals surface area contributed by atoms with Crippen LogP contribution >= 0.6 is 0 Å². The summed E-state index contributed by atoms with van der Waals surface area (Å²) < 4.78 is 42.4. The van der Waals surface area contributed by atoms with Crippen LogP contribution < -0.4 is 0 Å². The number of hydrogen-bond donors (Lipinski definition) is 0. The average Bonchev–Trinajstić information content (AvgIpc) is 2.76. The third kappa shape index (κ3) is 11.1. The second kappa shape index (κ2) is 16.8. The van der Waals surface area contributed by atoms with Gasteiger partial charge in [-0.3, -0.25) is 0 Å². The molecule has 8 nitrogen and oxygen atoms in total. The van der Waals surface area contributed by atoms with E-state index in [1.165, 1.54) is 0 Å². The minimum atomic E-state index is -3.12. The van der Waals surface area contributed by atoms with E-state index in [-0.39, 0.29) is 0 Å². The van der Waals surface area contributed by atoms with Crippen molar-refractivity contribution in [2.24, 2.45) is 0 Å². The molecule has 13 heteroatoms. The Bertz CT molecular complexity index is 579. The Balaban J connectivity index is 6.57. The predicted octanol–water partition coefficient (Wildman–Crippen LogP) is -2.18. The Morgan fingerprint density at radius 2 is 0.552 bits per heavy atom. The second-order valence-electron chi connectivity index (χ2n) is 5.04. The van der Waals surface area contributed by atoms with Crippen LogP contribution in [0.5, 0.6) is 0 Å². The third-order valence-corrected chi connectivity index (χ3v) is 11.4. The van der Waals surface area contributed by atoms with Gasteiger partial charge in [-0.15, -0.1) is 0 Å². The number of rotatable bonds is 8. The van der Waals surface area contributed by atoms with Gasteiger partial charge >= 0.3 is 45.2 Å². The largest absolute Gasteiger partial charge is 0.406 e. The molecule has 0 aromatic carbocycles. The van der Waals surface area contributed by atoms with Crippen molar-refractivity contribution in [1.29, 1.82) is 0 Å². The van der Waals surface area contributed by atoms with E-state index in [1.807, 2.05) is 0 Å². The summed E-state index contributed by atoms with van der Waals surface area (Å²) in [5.41, 5.74) is 24.8. The molecule has 0 unspecified atom stereocenters. The normalized spacial score (nSPS) is 10.6. The summed E-state index contributed by atoms with van der Waals surface area (Å²) in [5, 5.41) is 0. The first-order valence-electron chi connectivity index (χ1n) is 8.31. The Kier molecular flexibility index (Phi) is 16.2. The molecule has 0 aromatic rings. The molecule has 0 aliphatic heterocycles. The quantitative estimate of drug-likeness (QED) is 0.282. The van der Waals surface area contributed by atoms with Crippen molar-refractivity contribution in [3.05, 3.63) is 0 Å². The van der Waals surface area contributed by atoms with E-state index >= 15 is 0 Å². The molecule has 160 valence electrons. The molecule has 0 aromatic heterocycles. The zero-order valence-corrected chi connectivity index (χ0v) is 23.7. The lowest BCUT2D eigenvalue weighted by atomic mass is 11.3. The molecule has 0 amide bonds. The maximum atomic E-state index is 5.30. The van der Waals surface area contributed by atoms with Gasteiger partial charge < -0.3 is 35.4 Å². The minimum Gasteiger partial charge on any atom is -0.391 e. The summed E-state index contributed by atoms with van der Waals surface area (Å²) >= 11 is 0. The summed E-state index contributed by atoms with van der Waals surface area (Å²) in [6.45, 7) is 0. The van der Waals surface area contributed by atoms with Crippen LogP contribution in [-0.2, 0) is 35.4 Å². The Morgan fingerprint density at radius 1 is 0.379 bits per heavy atom. The van der Waals surface area contributed by atoms with Crippen LogP contribution in [0.4, 0.5) is 0 Å². The standard InChI is InChI=1S/C16H28O8Si5/c1-17-25(18-2)9-13-29(14-10-26(19-3)20-4,15-11-27(21-5)22-6)16-12-28(23-7)24-8/h25-28H,1-8H3. The molecule has 0 heterocycles. The van der Waals surface area contributed by atoms with Crippen LogP contribution in [0.2, 0.25) is 0 Å². The Labute approximate surface area is 181 Å². The molecule has 0 aliphatic carbocycles. The molecule has 0 radical (unpaired) electrons. The lowest BCUT2D eigenvalue weighted by Crippen LogP contribution is -2.33. The van der Waals surface area contributed by atoms with E-state index in [0.29, 0.717) is 0 Å².